The van der Waals surface area contributed by atoms with Crippen molar-refractivity contribution in [2.24, 2.45) is 0 Å². The second-order valence-electron chi connectivity index (χ2n) is 5.68. The molecule has 0 rings (SSSR count). The van der Waals surface area contributed by atoms with E-state index in [2.05, 4.69) is 13.2 Å². The highest BCUT2D eigenvalue weighted by Crippen LogP contribution is 2.19. The molecule has 0 spiro atoms. The fourth-order valence-corrected chi connectivity index (χ4v) is 5.91. The van der Waals surface area contributed by atoms with E-state index in [-0.39, 0.29) is 0 Å². The lowest BCUT2D eigenvalue weighted by molar-refractivity contribution is -0.157. The van der Waals surface area contributed by atoms with Crippen LogP contribution in [0.1, 0.15) is 41.5 Å². The van der Waals surface area contributed by atoms with Gasteiger partial charge < -0.3 is 40.8 Å². The maximum Gasteiger partial charge on any atom is 0.534 e. The van der Waals surface area contributed by atoms with Gasteiger partial charge >= 0.3 is 17.6 Å². The molecule has 0 aromatic heterocycles. The quantitative estimate of drug-likeness (QED) is 0.234. The molecule has 0 saturated carbocycles. The molecule has 0 aliphatic rings. The fourth-order valence-electron chi connectivity index (χ4n) is 1.97. The Kier molecular flexibility index (Phi) is 19.2. The normalized spacial score (nSPS) is 16.6. The van der Waals surface area contributed by atoms with Crippen LogP contribution in [-0.2, 0) is 40.8 Å². The van der Waals surface area contributed by atoms with E-state index in [1.54, 1.807) is 26.5 Å². The van der Waals surface area contributed by atoms with E-state index in [9.17, 15) is 0 Å². The van der Waals surface area contributed by atoms with Gasteiger partial charge in [0, 0.05) is 41.2 Å². The molecule has 3 unspecified atom stereocenters. The number of methoxy groups -OCH3 is 3. The van der Waals surface area contributed by atoms with E-state index in [1.165, 1.54) is 27.0 Å². The minimum absolute atomic E-state index is 0.484. The van der Waals surface area contributed by atoms with Crippen molar-refractivity contribution in [2.75, 3.05) is 41.2 Å². The van der Waals surface area contributed by atoms with Gasteiger partial charge in [0.1, 0.15) is 18.9 Å². The van der Waals surface area contributed by atoms with Crippen molar-refractivity contribution in [3.63, 3.8) is 0 Å². The summed E-state index contributed by atoms with van der Waals surface area (Å²) in [5, 5.41) is 0. The first-order chi connectivity index (χ1) is 14.2. The third kappa shape index (κ3) is 13.1. The molecule has 30 heavy (non-hydrogen) atoms. The topological polar surface area (TPSA) is 83.1 Å². The molecule has 11 heteroatoms. The summed E-state index contributed by atoms with van der Waals surface area (Å²) in [7, 11) is -1.04. The summed E-state index contributed by atoms with van der Waals surface area (Å²) in [6.07, 6.45) is -1.45. The molecule has 0 bridgehead atoms. The monoisotopic (exact) mass is 470 g/mol. The molecule has 0 aliphatic carbocycles. The molecule has 0 N–H and O–H groups in total. The zero-order valence-corrected chi connectivity index (χ0v) is 22.1. The van der Waals surface area contributed by atoms with Gasteiger partial charge in [-0.25, -0.2) is 0 Å². The van der Waals surface area contributed by atoms with Crippen LogP contribution in [0.5, 0.6) is 0 Å². The number of ether oxygens (including phenoxy) is 3. The molecule has 0 radical (unpaired) electrons. The van der Waals surface area contributed by atoms with Crippen molar-refractivity contribution in [3.8, 4) is 0 Å². The minimum atomic E-state index is -3.13. The highest BCUT2D eigenvalue weighted by molar-refractivity contribution is 6.66. The van der Waals surface area contributed by atoms with Crippen molar-refractivity contribution in [2.45, 2.75) is 60.4 Å². The first kappa shape index (κ1) is 31.7. The van der Waals surface area contributed by atoms with Crippen LogP contribution < -0.4 is 0 Å². The van der Waals surface area contributed by atoms with E-state index in [1.807, 2.05) is 20.8 Å². The summed E-state index contributed by atoms with van der Waals surface area (Å²) in [4.78, 5) is 0. The molecule has 0 aromatic carbocycles. The van der Waals surface area contributed by atoms with E-state index in [4.69, 9.17) is 40.8 Å². The Bertz CT molecular complexity index is 392. The molecule has 3 atom stereocenters. The van der Waals surface area contributed by atoms with Crippen LogP contribution in [0.25, 0.3) is 0 Å². The number of hydrogen-bond acceptors (Lipinski definition) is 9. The average Bonchev–Trinajstić information content (AvgIpc) is 2.74. The Morgan fingerprint density at radius 1 is 0.600 bits per heavy atom. The van der Waals surface area contributed by atoms with Gasteiger partial charge in [-0.1, -0.05) is 13.2 Å². The van der Waals surface area contributed by atoms with Gasteiger partial charge in [-0.15, -0.1) is 0 Å². The molecular weight excluding hydrogens is 428 g/mol. The second kappa shape index (κ2) is 18.2. The second-order valence-corrected chi connectivity index (χ2v) is 10.5. The predicted octanol–water partition coefficient (Wildman–Crippen LogP) is 3.44. The van der Waals surface area contributed by atoms with Crippen LogP contribution in [-0.4, -0.2) is 77.6 Å². The summed E-state index contributed by atoms with van der Waals surface area (Å²) < 4.78 is 48.5. The lowest BCUT2D eigenvalue weighted by Crippen LogP contribution is -2.51. The van der Waals surface area contributed by atoms with Gasteiger partial charge in [0.15, 0.2) is 0 Å². The van der Waals surface area contributed by atoms with Crippen molar-refractivity contribution in [3.05, 3.63) is 24.6 Å². The Balaban J connectivity index is 0. The summed E-state index contributed by atoms with van der Waals surface area (Å²) >= 11 is 0. The standard InChI is InChI=1S/C11H24O6Si.C8H18O3Si/c1-8-18(15-9(2)12-5,16-10(3)13-6)17-11(4)14-7;1-5-9-12(8-4,10-6-2)11-7-3/h8-11H,1H2,2-7H3;8H,4-7H2,1-3H3. The first-order valence-electron chi connectivity index (χ1n) is 9.98. The van der Waals surface area contributed by atoms with E-state index in [0.717, 1.165) is 0 Å². The van der Waals surface area contributed by atoms with Gasteiger partial charge in [-0.05, 0) is 52.9 Å². The Morgan fingerprint density at radius 2 is 0.867 bits per heavy atom. The highest BCUT2D eigenvalue weighted by Gasteiger charge is 2.43. The fraction of sp³-hybridized carbons (Fsp3) is 0.789. The maximum atomic E-state index is 5.68. The van der Waals surface area contributed by atoms with Crippen molar-refractivity contribution in [1.82, 2.24) is 0 Å². The molecule has 0 aliphatic heterocycles. The third-order valence-electron chi connectivity index (χ3n) is 3.52. The summed E-state index contributed by atoms with van der Waals surface area (Å²) in [5.41, 5.74) is 3.19. The lowest BCUT2D eigenvalue weighted by Gasteiger charge is -2.32. The average molecular weight is 471 g/mol. The van der Waals surface area contributed by atoms with Gasteiger partial charge in [-0.2, -0.15) is 0 Å². The predicted molar refractivity (Wildman–Crippen MR) is 119 cm³/mol. The van der Waals surface area contributed by atoms with Crippen LogP contribution >= 0.6 is 0 Å². The highest BCUT2D eigenvalue weighted by atomic mass is 28.4. The number of rotatable bonds is 17. The van der Waals surface area contributed by atoms with Crippen LogP contribution in [0.2, 0.25) is 0 Å². The molecular formula is C19H42O9Si2. The SMILES string of the molecule is C=C[Si](OC(C)OC)(OC(C)OC)OC(C)OC.C=C[Si](OCC)(OCC)OCC. The van der Waals surface area contributed by atoms with Gasteiger partial charge in [0.25, 0.3) is 0 Å². The Labute approximate surface area is 184 Å². The molecule has 180 valence electrons. The maximum absolute atomic E-state index is 5.68. The minimum Gasteiger partial charge on any atom is -0.371 e. The molecule has 0 aromatic rings. The van der Waals surface area contributed by atoms with Crippen molar-refractivity contribution in [1.29, 1.82) is 0 Å². The first-order valence-corrected chi connectivity index (χ1v) is 13.6. The van der Waals surface area contributed by atoms with Crippen molar-refractivity contribution >= 4 is 17.6 Å². The zero-order chi connectivity index (χ0) is 23.6. The zero-order valence-electron chi connectivity index (χ0n) is 20.1. The van der Waals surface area contributed by atoms with Gasteiger partial charge in [0.05, 0.1) is 0 Å². The molecule has 0 heterocycles. The number of hydrogen-bond donors (Lipinski definition) is 0. The third-order valence-corrected chi connectivity index (χ3v) is 8.58. The molecule has 0 saturated heterocycles. The largest absolute Gasteiger partial charge is 0.534 e. The summed E-state index contributed by atoms with van der Waals surface area (Å²) in [6, 6.07) is 0. The molecule has 0 fully saturated rings. The van der Waals surface area contributed by atoms with Gasteiger partial charge in [-0.3, -0.25) is 0 Å². The van der Waals surface area contributed by atoms with Crippen molar-refractivity contribution < 1.29 is 40.8 Å². The Morgan fingerprint density at radius 3 is 1.03 bits per heavy atom. The lowest BCUT2D eigenvalue weighted by atomic mass is 10.8. The van der Waals surface area contributed by atoms with E-state index < -0.39 is 36.5 Å². The van der Waals surface area contributed by atoms with Crippen LogP contribution in [0.3, 0.4) is 0 Å². The van der Waals surface area contributed by atoms with Crippen LogP contribution in [0, 0.1) is 0 Å². The van der Waals surface area contributed by atoms with E-state index >= 15 is 0 Å². The van der Waals surface area contributed by atoms with Crippen LogP contribution in [0.15, 0.2) is 24.6 Å². The van der Waals surface area contributed by atoms with Crippen LogP contribution in [0.4, 0.5) is 0 Å². The summed E-state index contributed by atoms with van der Waals surface area (Å²) in [6.45, 7) is 20.2. The smallest absolute Gasteiger partial charge is 0.371 e. The Hall–Kier alpha value is -0.446. The summed E-state index contributed by atoms with van der Waals surface area (Å²) in [5.74, 6) is 0. The molecule has 9 nitrogen and oxygen atoms in total. The van der Waals surface area contributed by atoms with E-state index in [0.29, 0.717) is 19.8 Å². The van der Waals surface area contributed by atoms with Gasteiger partial charge in [0.2, 0.25) is 0 Å². The molecule has 0 amide bonds.